The summed E-state index contributed by atoms with van der Waals surface area (Å²) in [6, 6.07) is 5.93. The Kier molecular flexibility index (Phi) is 3.64. The molecule has 0 fully saturated rings. The predicted molar refractivity (Wildman–Crippen MR) is 83.0 cm³/mol. The van der Waals surface area contributed by atoms with Gasteiger partial charge in [-0.2, -0.15) is 0 Å². The number of anilines is 3. The second-order valence-corrected chi connectivity index (χ2v) is 4.83. The minimum atomic E-state index is -0.494. The Morgan fingerprint density at radius 2 is 2.09 bits per heavy atom. The van der Waals surface area contributed by atoms with Crippen molar-refractivity contribution < 1.29 is 9.13 Å². The van der Waals surface area contributed by atoms with Gasteiger partial charge in [-0.1, -0.05) is 11.6 Å². The molecule has 3 rings (SSSR count). The first-order valence-electron chi connectivity index (χ1n) is 6.26. The lowest BCUT2D eigenvalue weighted by atomic mass is 10.3. The summed E-state index contributed by atoms with van der Waals surface area (Å²) in [4.78, 5) is 12.5. The van der Waals surface area contributed by atoms with Gasteiger partial charge in [0.15, 0.2) is 17.4 Å². The summed E-state index contributed by atoms with van der Waals surface area (Å²) in [5.74, 6) is 0.598. The summed E-state index contributed by atoms with van der Waals surface area (Å²) in [5, 5.41) is 3.03. The van der Waals surface area contributed by atoms with E-state index < -0.39 is 5.82 Å². The number of aromatic nitrogens is 3. The molecule has 112 valence electrons. The van der Waals surface area contributed by atoms with Crippen molar-refractivity contribution >= 4 is 40.0 Å². The average molecular weight is 320 g/mol. The van der Waals surface area contributed by atoms with Gasteiger partial charge in [-0.25, -0.2) is 19.3 Å². The van der Waals surface area contributed by atoms with Crippen LogP contribution in [-0.2, 0) is 0 Å². The van der Waals surface area contributed by atoms with Crippen LogP contribution in [0.5, 0.6) is 5.75 Å². The SMILES string of the molecule is COc1cc2ncnc(Nc3ccc(F)c(Cl)c3)c2nc1N. The molecule has 0 saturated carbocycles. The maximum Gasteiger partial charge on any atom is 0.166 e. The molecule has 0 aliphatic rings. The van der Waals surface area contributed by atoms with E-state index in [1.807, 2.05) is 0 Å². The summed E-state index contributed by atoms with van der Waals surface area (Å²) in [6.07, 6.45) is 1.38. The number of halogens is 2. The molecule has 22 heavy (non-hydrogen) atoms. The number of rotatable bonds is 3. The number of nitrogens with zero attached hydrogens (tertiary/aromatic N) is 3. The van der Waals surface area contributed by atoms with Crippen LogP contribution in [0.3, 0.4) is 0 Å². The van der Waals surface area contributed by atoms with Crippen LogP contribution >= 0.6 is 11.6 Å². The van der Waals surface area contributed by atoms with E-state index in [-0.39, 0.29) is 10.8 Å². The standard InChI is InChI=1S/C14H11ClFN5O/c1-22-11-5-10-12(21-13(11)17)14(19-6-18-10)20-7-2-3-9(16)8(15)4-7/h2-6H,1H3,(H2,17,21)(H,18,19,20). The van der Waals surface area contributed by atoms with Crippen LogP contribution in [0, 0.1) is 5.82 Å². The van der Waals surface area contributed by atoms with Crippen molar-refractivity contribution in [2.24, 2.45) is 0 Å². The first kappa shape index (κ1) is 14.3. The smallest absolute Gasteiger partial charge is 0.166 e. The van der Waals surface area contributed by atoms with Crippen molar-refractivity contribution in [3.05, 3.63) is 41.4 Å². The summed E-state index contributed by atoms with van der Waals surface area (Å²) in [7, 11) is 1.50. The van der Waals surface area contributed by atoms with Crippen LogP contribution in [0.4, 0.5) is 21.7 Å². The second kappa shape index (κ2) is 5.61. The Bertz CT molecular complexity index is 858. The van der Waals surface area contributed by atoms with Crippen molar-refractivity contribution in [2.75, 3.05) is 18.2 Å². The summed E-state index contributed by atoms with van der Waals surface area (Å²) < 4.78 is 18.3. The number of nitrogens with two attached hydrogens (primary N) is 1. The average Bonchev–Trinajstić information content (AvgIpc) is 2.51. The molecule has 2 heterocycles. The van der Waals surface area contributed by atoms with E-state index in [9.17, 15) is 4.39 Å². The molecule has 0 saturated heterocycles. The van der Waals surface area contributed by atoms with Gasteiger partial charge in [0, 0.05) is 11.8 Å². The van der Waals surface area contributed by atoms with Crippen molar-refractivity contribution in [1.82, 2.24) is 15.0 Å². The van der Waals surface area contributed by atoms with Gasteiger partial charge in [0.2, 0.25) is 0 Å². The molecule has 3 N–H and O–H groups in total. The largest absolute Gasteiger partial charge is 0.493 e. The van der Waals surface area contributed by atoms with Gasteiger partial charge < -0.3 is 15.8 Å². The maximum atomic E-state index is 13.2. The van der Waals surface area contributed by atoms with Crippen LogP contribution in [0.1, 0.15) is 0 Å². The maximum absolute atomic E-state index is 13.2. The number of hydrogen-bond donors (Lipinski definition) is 2. The van der Waals surface area contributed by atoms with Gasteiger partial charge in [0.25, 0.3) is 0 Å². The topological polar surface area (TPSA) is 86.0 Å². The Morgan fingerprint density at radius 1 is 1.27 bits per heavy atom. The van der Waals surface area contributed by atoms with E-state index in [0.29, 0.717) is 28.3 Å². The fourth-order valence-corrected chi connectivity index (χ4v) is 2.13. The third kappa shape index (κ3) is 2.58. The fraction of sp³-hybridized carbons (Fsp3) is 0.0714. The fourth-order valence-electron chi connectivity index (χ4n) is 1.95. The molecule has 6 nitrogen and oxygen atoms in total. The van der Waals surface area contributed by atoms with Crippen molar-refractivity contribution in [3.8, 4) is 5.75 Å². The van der Waals surface area contributed by atoms with E-state index in [0.717, 1.165) is 0 Å². The molecule has 0 atom stereocenters. The van der Waals surface area contributed by atoms with Crippen LogP contribution in [0.2, 0.25) is 5.02 Å². The molecule has 0 unspecified atom stereocenters. The van der Waals surface area contributed by atoms with Crippen molar-refractivity contribution in [3.63, 3.8) is 0 Å². The molecule has 8 heteroatoms. The number of benzene rings is 1. The van der Waals surface area contributed by atoms with E-state index in [4.69, 9.17) is 22.1 Å². The number of nitrogens with one attached hydrogen (secondary N) is 1. The van der Waals surface area contributed by atoms with Gasteiger partial charge in [-0.3, -0.25) is 0 Å². The number of ether oxygens (including phenoxy) is 1. The van der Waals surface area contributed by atoms with E-state index in [2.05, 4.69) is 20.3 Å². The predicted octanol–water partition coefficient (Wildman–Crippen LogP) is 3.15. The Morgan fingerprint density at radius 3 is 2.82 bits per heavy atom. The van der Waals surface area contributed by atoms with Gasteiger partial charge >= 0.3 is 0 Å². The molecule has 0 aliphatic carbocycles. The van der Waals surface area contributed by atoms with Crippen molar-refractivity contribution in [2.45, 2.75) is 0 Å². The zero-order valence-corrected chi connectivity index (χ0v) is 12.2. The van der Waals surface area contributed by atoms with Crippen molar-refractivity contribution in [1.29, 1.82) is 0 Å². The summed E-state index contributed by atoms with van der Waals surface area (Å²) in [5.41, 5.74) is 7.42. The molecule has 0 bridgehead atoms. The van der Waals surface area contributed by atoms with E-state index >= 15 is 0 Å². The third-order valence-electron chi connectivity index (χ3n) is 3.01. The van der Waals surface area contributed by atoms with E-state index in [1.54, 1.807) is 12.1 Å². The minimum Gasteiger partial charge on any atom is -0.493 e. The Labute approximate surface area is 130 Å². The monoisotopic (exact) mass is 319 g/mol. The molecule has 3 aromatic rings. The molecule has 0 spiro atoms. The number of nitrogen functional groups attached to an aromatic ring is 1. The highest BCUT2D eigenvalue weighted by molar-refractivity contribution is 6.31. The molecular formula is C14H11ClFN5O. The first-order chi connectivity index (χ1) is 10.6. The molecule has 0 radical (unpaired) electrons. The molecular weight excluding hydrogens is 309 g/mol. The minimum absolute atomic E-state index is 0.0116. The number of hydrogen-bond acceptors (Lipinski definition) is 6. The first-order valence-corrected chi connectivity index (χ1v) is 6.63. The summed E-state index contributed by atoms with van der Waals surface area (Å²) >= 11 is 5.76. The highest BCUT2D eigenvalue weighted by Gasteiger charge is 2.11. The van der Waals surface area contributed by atoms with Crippen LogP contribution in [-0.4, -0.2) is 22.1 Å². The van der Waals surface area contributed by atoms with Gasteiger partial charge in [-0.05, 0) is 18.2 Å². The molecule has 0 amide bonds. The Balaban J connectivity index is 2.06. The van der Waals surface area contributed by atoms with Gasteiger partial charge in [0.05, 0.1) is 17.6 Å². The zero-order chi connectivity index (χ0) is 15.7. The van der Waals surface area contributed by atoms with Crippen LogP contribution in [0.15, 0.2) is 30.6 Å². The summed E-state index contributed by atoms with van der Waals surface area (Å²) in [6.45, 7) is 0. The van der Waals surface area contributed by atoms with Crippen LogP contribution in [0.25, 0.3) is 11.0 Å². The normalized spacial score (nSPS) is 10.7. The zero-order valence-electron chi connectivity index (χ0n) is 11.5. The number of fused-ring (bicyclic) bond motifs is 1. The highest BCUT2D eigenvalue weighted by Crippen LogP contribution is 2.28. The lowest BCUT2D eigenvalue weighted by Gasteiger charge is -2.10. The number of methoxy groups -OCH3 is 1. The Hall–Kier alpha value is -2.67. The third-order valence-corrected chi connectivity index (χ3v) is 3.29. The highest BCUT2D eigenvalue weighted by atomic mass is 35.5. The lowest BCUT2D eigenvalue weighted by molar-refractivity contribution is 0.416. The van der Waals surface area contributed by atoms with Gasteiger partial charge in [0.1, 0.15) is 17.7 Å². The quantitative estimate of drug-likeness (QED) is 0.771. The van der Waals surface area contributed by atoms with E-state index in [1.165, 1.54) is 25.6 Å². The second-order valence-electron chi connectivity index (χ2n) is 4.42. The number of pyridine rings is 1. The molecule has 2 aromatic heterocycles. The van der Waals surface area contributed by atoms with Crippen LogP contribution < -0.4 is 15.8 Å². The molecule has 1 aromatic carbocycles. The lowest BCUT2D eigenvalue weighted by Crippen LogP contribution is -2.01. The van der Waals surface area contributed by atoms with Gasteiger partial charge in [-0.15, -0.1) is 0 Å². The molecule has 0 aliphatic heterocycles.